The molecule has 2 heteroatoms. The van der Waals surface area contributed by atoms with Crippen molar-refractivity contribution in [2.24, 2.45) is 0 Å². The highest BCUT2D eigenvalue weighted by molar-refractivity contribution is 5.93. The van der Waals surface area contributed by atoms with Crippen LogP contribution in [0, 0.1) is 0 Å². The predicted octanol–water partition coefficient (Wildman–Crippen LogP) is 2.40. The average Bonchev–Trinajstić information content (AvgIpc) is 2.14. The molecule has 0 heterocycles. The molecule has 70 valence electrons. The molecule has 0 rings (SSSR count). The molecule has 0 aliphatic heterocycles. The number of carbonyl (C=O) groups is 1. The number of allylic oxidation sites excluding steroid dienone is 3. The van der Waals surface area contributed by atoms with E-state index in [1.54, 1.807) is 12.2 Å². The van der Waals surface area contributed by atoms with Crippen molar-refractivity contribution in [3.63, 3.8) is 0 Å². The SMILES string of the molecule is C=CC(C)=CC(=C)C(=C)C(=O)OC. The molecule has 0 aliphatic rings. The van der Waals surface area contributed by atoms with Crippen LogP contribution in [0.3, 0.4) is 0 Å². The second-order valence-corrected chi connectivity index (χ2v) is 2.59. The monoisotopic (exact) mass is 178 g/mol. The van der Waals surface area contributed by atoms with Crippen LogP contribution < -0.4 is 0 Å². The van der Waals surface area contributed by atoms with Crippen molar-refractivity contribution >= 4 is 5.97 Å². The van der Waals surface area contributed by atoms with E-state index in [0.29, 0.717) is 5.57 Å². The van der Waals surface area contributed by atoms with Crippen molar-refractivity contribution < 1.29 is 9.53 Å². The van der Waals surface area contributed by atoms with E-state index >= 15 is 0 Å². The number of methoxy groups -OCH3 is 1. The van der Waals surface area contributed by atoms with E-state index in [-0.39, 0.29) is 5.57 Å². The number of hydrogen-bond acceptors (Lipinski definition) is 2. The molecule has 0 fully saturated rings. The standard InChI is InChI=1S/C11H14O2/c1-6-8(2)7-9(3)10(4)11(12)13-5/h6-7H,1,3-4H2,2,5H3. The Bertz CT molecular complexity index is 282. The number of esters is 1. The van der Waals surface area contributed by atoms with Crippen molar-refractivity contribution in [3.8, 4) is 0 Å². The van der Waals surface area contributed by atoms with Gasteiger partial charge < -0.3 is 4.74 Å². The zero-order valence-electron chi connectivity index (χ0n) is 8.09. The summed E-state index contributed by atoms with van der Waals surface area (Å²) in [5.41, 5.74) is 1.74. The van der Waals surface area contributed by atoms with Gasteiger partial charge in [-0.15, -0.1) is 0 Å². The van der Waals surface area contributed by atoms with Crippen molar-refractivity contribution in [1.82, 2.24) is 0 Å². The van der Waals surface area contributed by atoms with Crippen molar-refractivity contribution in [3.05, 3.63) is 48.6 Å². The van der Waals surface area contributed by atoms with Crippen LogP contribution in [-0.4, -0.2) is 13.1 Å². The lowest BCUT2D eigenvalue weighted by molar-refractivity contribution is -0.135. The maximum atomic E-state index is 11.0. The molecule has 0 aromatic heterocycles. The Balaban J connectivity index is 4.54. The molecule has 0 saturated carbocycles. The summed E-state index contributed by atoms with van der Waals surface area (Å²) in [4.78, 5) is 11.0. The first-order chi connectivity index (χ1) is 6.02. The minimum atomic E-state index is -0.460. The van der Waals surface area contributed by atoms with E-state index in [1.807, 2.05) is 6.92 Å². The number of hydrogen-bond donors (Lipinski definition) is 0. The summed E-state index contributed by atoms with van der Waals surface area (Å²) in [6.45, 7) is 12.7. The van der Waals surface area contributed by atoms with E-state index < -0.39 is 5.97 Å². The smallest absolute Gasteiger partial charge is 0.337 e. The van der Waals surface area contributed by atoms with Crippen LogP contribution in [0.1, 0.15) is 6.92 Å². The van der Waals surface area contributed by atoms with Gasteiger partial charge in [0, 0.05) is 0 Å². The largest absolute Gasteiger partial charge is 0.465 e. The van der Waals surface area contributed by atoms with Crippen LogP contribution in [0.25, 0.3) is 0 Å². The van der Waals surface area contributed by atoms with Gasteiger partial charge in [-0.2, -0.15) is 0 Å². The first kappa shape index (κ1) is 11.4. The molecule has 0 aromatic carbocycles. The Morgan fingerprint density at radius 3 is 2.31 bits per heavy atom. The van der Waals surface area contributed by atoms with Crippen LogP contribution in [0.4, 0.5) is 0 Å². The van der Waals surface area contributed by atoms with E-state index in [9.17, 15) is 4.79 Å². The van der Waals surface area contributed by atoms with Gasteiger partial charge in [0.05, 0.1) is 12.7 Å². The Hall–Kier alpha value is -1.57. The molecule has 0 radical (unpaired) electrons. The molecule has 0 atom stereocenters. The van der Waals surface area contributed by atoms with Gasteiger partial charge in [-0.25, -0.2) is 4.79 Å². The lowest BCUT2D eigenvalue weighted by atomic mass is 10.1. The van der Waals surface area contributed by atoms with Gasteiger partial charge in [-0.1, -0.05) is 37.5 Å². The van der Waals surface area contributed by atoms with Gasteiger partial charge in [0.15, 0.2) is 0 Å². The topological polar surface area (TPSA) is 26.3 Å². The van der Waals surface area contributed by atoms with Crippen LogP contribution in [0.2, 0.25) is 0 Å². The summed E-state index contributed by atoms with van der Waals surface area (Å²) < 4.78 is 4.49. The van der Waals surface area contributed by atoms with Gasteiger partial charge >= 0.3 is 5.97 Å². The molecule has 0 amide bonds. The van der Waals surface area contributed by atoms with Gasteiger partial charge in [-0.3, -0.25) is 0 Å². The number of ether oxygens (including phenoxy) is 1. The second-order valence-electron chi connectivity index (χ2n) is 2.59. The zero-order chi connectivity index (χ0) is 10.4. The Labute approximate surface area is 78.9 Å². The van der Waals surface area contributed by atoms with Crippen molar-refractivity contribution in [2.45, 2.75) is 6.92 Å². The third kappa shape index (κ3) is 3.56. The number of carbonyl (C=O) groups excluding carboxylic acids is 1. The third-order valence-corrected chi connectivity index (χ3v) is 1.54. The molecule has 0 unspecified atom stereocenters. The fraction of sp³-hybridized carbons (Fsp3) is 0.182. The van der Waals surface area contributed by atoms with Crippen LogP contribution >= 0.6 is 0 Å². The summed E-state index contributed by atoms with van der Waals surface area (Å²) in [6.07, 6.45) is 3.40. The maximum Gasteiger partial charge on any atom is 0.337 e. The highest BCUT2D eigenvalue weighted by Gasteiger charge is 2.07. The summed E-state index contributed by atoms with van der Waals surface area (Å²) in [5.74, 6) is -0.460. The third-order valence-electron chi connectivity index (χ3n) is 1.54. The summed E-state index contributed by atoms with van der Waals surface area (Å²) in [7, 11) is 1.31. The highest BCUT2D eigenvalue weighted by Crippen LogP contribution is 2.11. The van der Waals surface area contributed by atoms with Gasteiger partial charge in [0.25, 0.3) is 0 Å². The minimum absolute atomic E-state index is 0.267. The molecule has 2 nitrogen and oxygen atoms in total. The Kier molecular flexibility index (Phi) is 4.52. The molecular weight excluding hydrogens is 164 g/mol. The van der Waals surface area contributed by atoms with E-state index in [2.05, 4.69) is 24.5 Å². The summed E-state index contributed by atoms with van der Waals surface area (Å²) in [5, 5.41) is 0. The van der Waals surface area contributed by atoms with E-state index in [4.69, 9.17) is 0 Å². The molecule has 0 aliphatic carbocycles. The fourth-order valence-corrected chi connectivity index (χ4v) is 0.675. The summed E-state index contributed by atoms with van der Waals surface area (Å²) >= 11 is 0. The molecule has 0 bridgehead atoms. The fourth-order valence-electron chi connectivity index (χ4n) is 0.675. The molecular formula is C11H14O2. The predicted molar refractivity (Wildman–Crippen MR) is 54.3 cm³/mol. The lowest BCUT2D eigenvalue weighted by Crippen LogP contribution is -2.04. The average molecular weight is 178 g/mol. The highest BCUT2D eigenvalue weighted by atomic mass is 16.5. The molecule has 0 spiro atoms. The summed E-state index contributed by atoms with van der Waals surface area (Å²) in [6, 6.07) is 0. The Morgan fingerprint density at radius 1 is 1.38 bits per heavy atom. The van der Waals surface area contributed by atoms with E-state index in [1.165, 1.54) is 7.11 Å². The van der Waals surface area contributed by atoms with Crippen molar-refractivity contribution in [2.75, 3.05) is 7.11 Å². The van der Waals surface area contributed by atoms with E-state index in [0.717, 1.165) is 5.57 Å². The van der Waals surface area contributed by atoms with Crippen LogP contribution in [0.15, 0.2) is 48.6 Å². The molecule has 0 aromatic rings. The lowest BCUT2D eigenvalue weighted by Gasteiger charge is -2.02. The van der Waals surface area contributed by atoms with Gasteiger partial charge in [0.1, 0.15) is 0 Å². The van der Waals surface area contributed by atoms with Crippen molar-refractivity contribution in [1.29, 1.82) is 0 Å². The molecule has 13 heavy (non-hydrogen) atoms. The maximum absolute atomic E-state index is 11.0. The quantitative estimate of drug-likeness (QED) is 0.375. The molecule has 0 N–H and O–H groups in total. The first-order valence-electron chi connectivity index (χ1n) is 3.80. The Morgan fingerprint density at radius 2 is 1.92 bits per heavy atom. The second kappa shape index (κ2) is 5.14. The van der Waals surface area contributed by atoms with Crippen LogP contribution in [-0.2, 0) is 9.53 Å². The first-order valence-corrected chi connectivity index (χ1v) is 3.80. The number of rotatable bonds is 4. The van der Waals surface area contributed by atoms with Gasteiger partial charge in [-0.05, 0) is 12.5 Å². The molecule has 0 saturated heterocycles. The zero-order valence-corrected chi connectivity index (χ0v) is 8.09. The minimum Gasteiger partial charge on any atom is -0.465 e. The van der Waals surface area contributed by atoms with Crippen LogP contribution in [0.5, 0.6) is 0 Å². The van der Waals surface area contributed by atoms with Gasteiger partial charge in [0.2, 0.25) is 0 Å². The normalized spacial score (nSPS) is 10.5.